The maximum Gasteiger partial charge on any atom is 0.258 e. The number of thiophene rings is 1. The quantitative estimate of drug-likeness (QED) is 0.457. The van der Waals surface area contributed by atoms with Crippen LogP contribution >= 0.6 is 11.3 Å². The van der Waals surface area contributed by atoms with Crippen molar-refractivity contribution in [2.75, 3.05) is 5.32 Å². The Morgan fingerprint density at radius 1 is 1.03 bits per heavy atom. The molecule has 0 atom stereocenters. The van der Waals surface area contributed by atoms with Crippen LogP contribution in [-0.4, -0.2) is 15.9 Å². The molecular weight excluding hydrogens is 401 g/mol. The summed E-state index contributed by atoms with van der Waals surface area (Å²) >= 11 is 1.72. The smallest absolute Gasteiger partial charge is 0.258 e. The SMILES string of the molecule is O=C(Nc1ccc(Oc2ncnc3sc4c(c23)CCCC4)cc1)c1ccccc1F. The molecule has 7 heteroatoms. The number of anilines is 1. The third kappa shape index (κ3) is 3.52. The van der Waals surface area contributed by atoms with Gasteiger partial charge in [0.2, 0.25) is 5.88 Å². The topological polar surface area (TPSA) is 64.1 Å². The first-order valence-corrected chi connectivity index (χ1v) is 10.6. The molecule has 5 rings (SSSR count). The molecule has 2 aromatic heterocycles. The van der Waals surface area contributed by atoms with E-state index in [9.17, 15) is 9.18 Å². The Kier molecular flexibility index (Phi) is 4.88. The molecule has 4 aromatic rings. The molecule has 0 saturated heterocycles. The number of carbonyl (C=O) groups excluding carboxylic acids is 1. The summed E-state index contributed by atoms with van der Waals surface area (Å²) in [6, 6.07) is 12.8. The fourth-order valence-corrected chi connectivity index (χ4v) is 4.92. The molecule has 5 nitrogen and oxygen atoms in total. The molecular formula is C23H18FN3O2S. The van der Waals surface area contributed by atoms with E-state index in [2.05, 4.69) is 15.3 Å². The normalized spacial score (nSPS) is 13.1. The number of nitrogens with one attached hydrogen (secondary N) is 1. The highest BCUT2D eigenvalue weighted by Crippen LogP contribution is 2.40. The molecule has 0 radical (unpaired) electrons. The van der Waals surface area contributed by atoms with Gasteiger partial charge in [-0.3, -0.25) is 4.79 Å². The monoisotopic (exact) mass is 419 g/mol. The second kappa shape index (κ2) is 7.84. The Hall–Kier alpha value is -3.32. The van der Waals surface area contributed by atoms with Gasteiger partial charge in [0.25, 0.3) is 5.91 Å². The van der Waals surface area contributed by atoms with E-state index in [1.165, 1.54) is 41.7 Å². The van der Waals surface area contributed by atoms with Gasteiger partial charge in [0, 0.05) is 10.6 Å². The van der Waals surface area contributed by atoms with Crippen LogP contribution in [0.15, 0.2) is 54.9 Å². The highest BCUT2D eigenvalue weighted by atomic mass is 32.1. The van der Waals surface area contributed by atoms with Crippen LogP contribution < -0.4 is 10.1 Å². The number of benzene rings is 2. The predicted octanol–water partition coefficient (Wildman–Crippen LogP) is 5.75. The van der Waals surface area contributed by atoms with E-state index in [0.717, 1.165) is 23.1 Å². The van der Waals surface area contributed by atoms with Gasteiger partial charge in [-0.25, -0.2) is 14.4 Å². The number of rotatable bonds is 4. The van der Waals surface area contributed by atoms with Crippen LogP contribution in [0.5, 0.6) is 11.6 Å². The number of amides is 1. The van der Waals surface area contributed by atoms with Crippen molar-refractivity contribution in [3.8, 4) is 11.6 Å². The van der Waals surface area contributed by atoms with Gasteiger partial charge in [0.05, 0.1) is 10.9 Å². The lowest BCUT2D eigenvalue weighted by molar-refractivity contribution is 0.102. The van der Waals surface area contributed by atoms with Gasteiger partial charge >= 0.3 is 0 Å². The molecule has 150 valence electrons. The molecule has 0 saturated carbocycles. The molecule has 1 aliphatic carbocycles. The van der Waals surface area contributed by atoms with Crippen LogP contribution in [-0.2, 0) is 12.8 Å². The Balaban J connectivity index is 1.36. The standard InChI is InChI=1S/C23H18FN3O2S/c24-18-7-3-1-5-16(18)21(28)27-14-9-11-15(12-10-14)29-22-20-17-6-2-4-8-19(17)30-23(20)26-13-25-22/h1,3,5,7,9-13H,2,4,6,8H2,(H,27,28). The lowest BCUT2D eigenvalue weighted by Crippen LogP contribution is -2.13. The Bertz CT molecular complexity index is 1240. The van der Waals surface area contributed by atoms with Crippen molar-refractivity contribution in [3.63, 3.8) is 0 Å². The molecule has 2 heterocycles. The van der Waals surface area contributed by atoms with Crippen molar-refractivity contribution in [3.05, 3.63) is 76.7 Å². The zero-order valence-electron chi connectivity index (χ0n) is 16.0. The third-order valence-corrected chi connectivity index (χ3v) is 6.36. The number of halogens is 1. The van der Waals surface area contributed by atoms with Gasteiger partial charge in [-0.1, -0.05) is 12.1 Å². The van der Waals surface area contributed by atoms with Crippen molar-refractivity contribution in [2.24, 2.45) is 0 Å². The van der Waals surface area contributed by atoms with Crippen LogP contribution in [0.4, 0.5) is 10.1 Å². The molecule has 0 unspecified atom stereocenters. The summed E-state index contributed by atoms with van der Waals surface area (Å²) in [7, 11) is 0. The third-order valence-electron chi connectivity index (χ3n) is 5.16. The summed E-state index contributed by atoms with van der Waals surface area (Å²) in [6.45, 7) is 0. The van der Waals surface area contributed by atoms with E-state index in [1.54, 1.807) is 47.7 Å². The predicted molar refractivity (Wildman–Crippen MR) is 115 cm³/mol. The lowest BCUT2D eigenvalue weighted by atomic mass is 9.97. The highest BCUT2D eigenvalue weighted by molar-refractivity contribution is 7.18. The van der Waals surface area contributed by atoms with Gasteiger partial charge in [0.1, 0.15) is 22.7 Å². The fourth-order valence-electron chi connectivity index (χ4n) is 3.70. The second-order valence-corrected chi connectivity index (χ2v) is 8.21. The Labute approximate surface area is 176 Å². The summed E-state index contributed by atoms with van der Waals surface area (Å²) in [5.41, 5.74) is 1.87. The van der Waals surface area contributed by atoms with Gasteiger partial charge < -0.3 is 10.1 Å². The molecule has 0 bridgehead atoms. The van der Waals surface area contributed by atoms with E-state index in [4.69, 9.17) is 4.74 Å². The molecule has 0 aliphatic heterocycles. The number of aryl methyl sites for hydroxylation is 2. The van der Waals surface area contributed by atoms with Crippen LogP contribution in [0.1, 0.15) is 33.6 Å². The summed E-state index contributed by atoms with van der Waals surface area (Å²) in [5, 5.41) is 3.71. The lowest BCUT2D eigenvalue weighted by Gasteiger charge is -2.12. The minimum Gasteiger partial charge on any atom is -0.438 e. The maximum atomic E-state index is 13.8. The number of aromatic nitrogens is 2. The largest absolute Gasteiger partial charge is 0.438 e. The minimum absolute atomic E-state index is 0.00318. The first-order chi connectivity index (χ1) is 14.7. The zero-order valence-corrected chi connectivity index (χ0v) is 16.8. The molecule has 0 spiro atoms. The van der Waals surface area contributed by atoms with Crippen molar-refractivity contribution in [1.29, 1.82) is 0 Å². The van der Waals surface area contributed by atoms with Gasteiger partial charge in [-0.2, -0.15) is 0 Å². The molecule has 30 heavy (non-hydrogen) atoms. The molecule has 2 aromatic carbocycles. The number of hydrogen-bond acceptors (Lipinski definition) is 5. The average molecular weight is 419 g/mol. The van der Waals surface area contributed by atoms with E-state index in [0.29, 0.717) is 17.3 Å². The summed E-state index contributed by atoms with van der Waals surface area (Å²) in [6.07, 6.45) is 6.03. The van der Waals surface area contributed by atoms with E-state index in [-0.39, 0.29) is 5.56 Å². The summed E-state index contributed by atoms with van der Waals surface area (Å²) in [5.74, 6) is 0.114. The van der Waals surface area contributed by atoms with Crippen molar-refractivity contribution >= 4 is 33.1 Å². The van der Waals surface area contributed by atoms with Crippen LogP contribution in [0, 0.1) is 5.82 Å². The minimum atomic E-state index is -0.554. The van der Waals surface area contributed by atoms with Crippen LogP contribution in [0.25, 0.3) is 10.2 Å². The van der Waals surface area contributed by atoms with Gasteiger partial charge in [-0.05, 0) is 67.6 Å². The molecule has 1 amide bonds. The first kappa shape index (κ1) is 18.7. The van der Waals surface area contributed by atoms with Crippen LogP contribution in [0.3, 0.4) is 0 Å². The van der Waals surface area contributed by atoms with Crippen LogP contribution in [0.2, 0.25) is 0 Å². The first-order valence-electron chi connectivity index (χ1n) is 9.78. The van der Waals surface area contributed by atoms with E-state index < -0.39 is 11.7 Å². The fraction of sp³-hybridized carbons (Fsp3) is 0.174. The number of fused-ring (bicyclic) bond motifs is 3. The number of nitrogens with zero attached hydrogens (tertiary/aromatic N) is 2. The average Bonchev–Trinajstić information content (AvgIpc) is 3.15. The van der Waals surface area contributed by atoms with Gasteiger partial charge in [0.15, 0.2) is 0 Å². The highest BCUT2D eigenvalue weighted by Gasteiger charge is 2.21. The van der Waals surface area contributed by atoms with Crippen molar-refractivity contribution in [2.45, 2.75) is 25.7 Å². The maximum absolute atomic E-state index is 13.8. The van der Waals surface area contributed by atoms with Gasteiger partial charge in [-0.15, -0.1) is 11.3 Å². The molecule has 1 aliphatic rings. The number of ether oxygens (including phenoxy) is 1. The Morgan fingerprint density at radius 2 is 1.83 bits per heavy atom. The number of hydrogen-bond donors (Lipinski definition) is 1. The number of carbonyl (C=O) groups is 1. The summed E-state index contributed by atoms with van der Waals surface area (Å²) < 4.78 is 19.8. The van der Waals surface area contributed by atoms with E-state index >= 15 is 0 Å². The zero-order chi connectivity index (χ0) is 20.5. The molecule has 1 N–H and O–H groups in total. The molecule has 0 fully saturated rings. The second-order valence-electron chi connectivity index (χ2n) is 7.13. The van der Waals surface area contributed by atoms with Crippen molar-refractivity contribution in [1.82, 2.24) is 9.97 Å². The van der Waals surface area contributed by atoms with E-state index in [1.807, 2.05) is 0 Å². The Morgan fingerprint density at radius 3 is 2.67 bits per heavy atom. The summed E-state index contributed by atoms with van der Waals surface area (Å²) in [4.78, 5) is 23.4. The van der Waals surface area contributed by atoms with Crippen molar-refractivity contribution < 1.29 is 13.9 Å².